The maximum Gasteiger partial charge on any atom is 0.273 e. The third kappa shape index (κ3) is 6.30. The fraction of sp³-hybridized carbons (Fsp3) is 0.524. The van der Waals surface area contributed by atoms with E-state index in [-0.39, 0.29) is 23.8 Å². The fourth-order valence-electron chi connectivity index (χ4n) is 3.47. The minimum Gasteiger partial charge on any atom is -0.370 e. The van der Waals surface area contributed by atoms with Crippen LogP contribution in [0.15, 0.2) is 28.9 Å². The number of nitrogens with zero attached hydrogens (tertiary/aromatic N) is 2. The van der Waals surface area contributed by atoms with E-state index in [1.165, 1.54) is 0 Å². The molecule has 29 heavy (non-hydrogen) atoms. The summed E-state index contributed by atoms with van der Waals surface area (Å²) in [4.78, 5) is 28.8. The van der Waals surface area contributed by atoms with E-state index >= 15 is 0 Å². The third-order valence-corrected chi connectivity index (χ3v) is 5.16. The highest BCUT2D eigenvalue weighted by Gasteiger charge is 2.27. The van der Waals surface area contributed by atoms with Crippen LogP contribution >= 0.6 is 0 Å². The largest absolute Gasteiger partial charge is 0.370 e. The van der Waals surface area contributed by atoms with Gasteiger partial charge in [0.15, 0.2) is 5.69 Å². The molecule has 0 aliphatic heterocycles. The molecule has 3 rings (SSSR count). The van der Waals surface area contributed by atoms with E-state index in [0.29, 0.717) is 18.0 Å². The Balaban J connectivity index is 1.29. The summed E-state index contributed by atoms with van der Waals surface area (Å²) in [5, 5.41) is 13.0. The number of hydrogen-bond donors (Lipinski definition) is 3. The van der Waals surface area contributed by atoms with E-state index in [4.69, 9.17) is 4.52 Å². The van der Waals surface area contributed by atoms with Gasteiger partial charge in [0, 0.05) is 37.3 Å². The van der Waals surface area contributed by atoms with Gasteiger partial charge in [-0.15, -0.1) is 0 Å². The monoisotopic (exact) mass is 399 g/mol. The predicted octanol–water partition coefficient (Wildman–Crippen LogP) is 2.59. The Bertz CT molecular complexity index is 810. The highest BCUT2D eigenvalue weighted by molar-refractivity contribution is 5.92. The predicted molar refractivity (Wildman–Crippen MR) is 110 cm³/mol. The molecule has 1 fully saturated rings. The number of amides is 2. The molecule has 0 unspecified atom stereocenters. The van der Waals surface area contributed by atoms with E-state index in [1.807, 2.05) is 25.3 Å². The molecule has 8 heteroatoms. The highest BCUT2D eigenvalue weighted by atomic mass is 16.5. The van der Waals surface area contributed by atoms with Crippen LogP contribution < -0.4 is 16.0 Å². The lowest BCUT2D eigenvalue weighted by Gasteiger charge is -2.28. The minimum absolute atomic E-state index is 0.0178. The number of aryl methyl sites for hydroxylation is 2. The molecule has 1 aliphatic rings. The summed E-state index contributed by atoms with van der Waals surface area (Å²) < 4.78 is 4.94. The number of carbonyl (C=O) groups is 2. The number of rotatable bonds is 8. The molecule has 0 bridgehead atoms. The van der Waals surface area contributed by atoms with Gasteiger partial charge >= 0.3 is 0 Å². The van der Waals surface area contributed by atoms with E-state index in [0.717, 1.165) is 50.0 Å². The second kappa shape index (κ2) is 10.0. The SMILES string of the molecule is Cc1ccc(NCCCNC(=O)C2CCC(NC(=O)c3cc(C)on3)CC2)nc1. The zero-order chi connectivity index (χ0) is 20.6. The van der Waals surface area contributed by atoms with Crippen molar-refractivity contribution < 1.29 is 14.1 Å². The Hall–Kier alpha value is -2.90. The van der Waals surface area contributed by atoms with Gasteiger partial charge in [-0.1, -0.05) is 11.2 Å². The molecule has 2 heterocycles. The molecule has 0 spiro atoms. The Kier molecular flexibility index (Phi) is 7.21. The van der Waals surface area contributed by atoms with Gasteiger partial charge in [-0.05, 0) is 57.6 Å². The highest BCUT2D eigenvalue weighted by Crippen LogP contribution is 2.24. The van der Waals surface area contributed by atoms with Crippen molar-refractivity contribution in [1.29, 1.82) is 0 Å². The summed E-state index contributed by atoms with van der Waals surface area (Å²) in [5.41, 5.74) is 1.43. The van der Waals surface area contributed by atoms with Crippen LogP contribution in [0.5, 0.6) is 0 Å². The number of anilines is 1. The molecular weight excluding hydrogens is 370 g/mol. The molecule has 1 aliphatic carbocycles. The normalized spacial score (nSPS) is 18.8. The second-order valence-electron chi connectivity index (χ2n) is 7.64. The van der Waals surface area contributed by atoms with Gasteiger partial charge in [-0.25, -0.2) is 4.98 Å². The average molecular weight is 399 g/mol. The van der Waals surface area contributed by atoms with Gasteiger partial charge < -0.3 is 20.5 Å². The van der Waals surface area contributed by atoms with Gasteiger partial charge in [0.05, 0.1) is 0 Å². The lowest BCUT2D eigenvalue weighted by Crippen LogP contribution is -2.41. The first-order chi connectivity index (χ1) is 14.0. The van der Waals surface area contributed by atoms with E-state index < -0.39 is 0 Å². The summed E-state index contributed by atoms with van der Waals surface area (Å²) in [6, 6.07) is 5.67. The quantitative estimate of drug-likeness (QED) is 0.589. The van der Waals surface area contributed by atoms with Crippen LogP contribution in [0.3, 0.4) is 0 Å². The van der Waals surface area contributed by atoms with Crippen LogP contribution in [0, 0.1) is 19.8 Å². The Labute approximate surface area is 170 Å². The summed E-state index contributed by atoms with van der Waals surface area (Å²) in [6.07, 6.45) is 5.81. The van der Waals surface area contributed by atoms with Crippen molar-refractivity contribution in [3.05, 3.63) is 41.4 Å². The zero-order valence-electron chi connectivity index (χ0n) is 17.0. The summed E-state index contributed by atoms with van der Waals surface area (Å²) in [7, 11) is 0. The maximum absolute atomic E-state index is 12.4. The van der Waals surface area contributed by atoms with Crippen molar-refractivity contribution in [2.75, 3.05) is 18.4 Å². The van der Waals surface area contributed by atoms with Gasteiger partial charge in [0.1, 0.15) is 11.6 Å². The molecular formula is C21H29N5O3. The van der Waals surface area contributed by atoms with Crippen LogP contribution in [-0.4, -0.2) is 41.1 Å². The fourth-order valence-corrected chi connectivity index (χ4v) is 3.47. The first-order valence-corrected chi connectivity index (χ1v) is 10.2. The van der Waals surface area contributed by atoms with E-state index in [2.05, 4.69) is 26.1 Å². The first kappa shape index (κ1) is 20.8. The molecule has 2 aromatic heterocycles. The molecule has 156 valence electrons. The average Bonchev–Trinajstić information content (AvgIpc) is 3.16. The molecule has 0 aromatic carbocycles. The van der Waals surface area contributed by atoms with E-state index in [1.54, 1.807) is 13.0 Å². The maximum atomic E-state index is 12.4. The van der Waals surface area contributed by atoms with Crippen molar-refractivity contribution >= 4 is 17.6 Å². The molecule has 1 saturated carbocycles. The van der Waals surface area contributed by atoms with Crippen molar-refractivity contribution in [3.63, 3.8) is 0 Å². The van der Waals surface area contributed by atoms with Crippen LogP contribution in [0.25, 0.3) is 0 Å². The van der Waals surface area contributed by atoms with Crippen molar-refractivity contribution in [2.24, 2.45) is 5.92 Å². The third-order valence-electron chi connectivity index (χ3n) is 5.16. The molecule has 0 radical (unpaired) electrons. The Morgan fingerprint density at radius 1 is 1.14 bits per heavy atom. The molecule has 8 nitrogen and oxygen atoms in total. The van der Waals surface area contributed by atoms with E-state index in [9.17, 15) is 9.59 Å². The Morgan fingerprint density at radius 2 is 1.93 bits per heavy atom. The number of nitrogens with one attached hydrogen (secondary N) is 3. The van der Waals surface area contributed by atoms with Crippen LogP contribution in [-0.2, 0) is 4.79 Å². The lowest BCUT2D eigenvalue weighted by molar-refractivity contribution is -0.126. The Morgan fingerprint density at radius 3 is 2.59 bits per heavy atom. The number of pyridine rings is 1. The van der Waals surface area contributed by atoms with Gasteiger partial charge in [-0.3, -0.25) is 9.59 Å². The van der Waals surface area contributed by atoms with Gasteiger partial charge in [0.25, 0.3) is 5.91 Å². The van der Waals surface area contributed by atoms with Crippen molar-refractivity contribution in [2.45, 2.75) is 52.0 Å². The number of hydrogen-bond acceptors (Lipinski definition) is 6. The topological polar surface area (TPSA) is 109 Å². The molecule has 3 N–H and O–H groups in total. The van der Waals surface area contributed by atoms with Gasteiger partial charge in [0.2, 0.25) is 5.91 Å². The lowest BCUT2D eigenvalue weighted by atomic mass is 9.85. The summed E-state index contributed by atoms with van der Waals surface area (Å²) in [6.45, 7) is 5.16. The zero-order valence-corrected chi connectivity index (χ0v) is 17.0. The van der Waals surface area contributed by atoms with Crippen LogP contribution in [0.2, 0.25) is 0 Å². The smallest absolute Gasteiger partial charge is 0.273 e. The van der Waals surface area contributed by atoms with Crippen molar-refractivity contribution in [1.82, 2.24) is 20.8 Å². The standard InChI is InChI=1S/C21H29N5O3/c1-14-4-9-19(24-13-14)22-10-3-11-23-20(27)16-5-7-17(8-6-16)25-21(28)18-12-15(2)29-26-18/h4,9,12-13,16-17H,3,5-8,10-11H2,1-2H3,(H,22,24)(H,23,27)(H,25,28). The minimum atomic E-state index is -0.217. The van der Waals surface area contributed by atoms with Crippen LogP contribution in [0.1, 0.15) is 53.9 Å². The summed E-state index contributed by atoms with van der Waals surface area (Å²) >= 11 is 0. The first-order valence-electron chi connectivity index (χ1n) is 10.2. The molecule has 2 aromatic rings. The summed E-state index contributed by atoms with van der Waals surface area (Å²) in [5.74, 6) is 1.37. The molecule has 2 amide bonds. The van der Waals surface area contributed by atoms with Crippen molar-refractivity contribution in [3.8, 4) is 0 Å². The molecule has 0 saturated heterocycles. The molecule has 0 atom stereocenters. The van der Waals surface area contributed by atoms with Gasteiger partial charge in [-0.2, -0.15) is 0 Å². The number of carbonyl (C=O) groups excluding carboxylic acids is 2. The second-order valence-corrected chi connectivity index (χ2v) is 7.64. The van der Waals surface area contributed by atoms with Crippen LogP contribution in [0.4, 0.5) is 5.82 Å². The number of aromatic nitrogens is 2.